The van der Waals surface area contributed by atoms with Crippen LogP contribution < -0.4 is 10.6 Å². The van der Waals surface area contributed by atoms with Crippen LogP contribution in [0, 0.1) is 0 Å². The number of hydrogen-bond donors (Lipinski definition) is 2. The van der Waals surface area contributed by atoms with E-state index in [0.29, 0.717) is 12.1 Å². The summed E-state index contributed by atoms with van der Waals surface area (Å²) in [4.78, 5) is 22.4. The lowest BCUT2D eigenvalue weighted by Gasteiger charge is -2.06. The van der Waals surface area contributed by atoms with E-state index in [1.54, 1.807) is 6.20 Å². The number of carbonyl (C=O) groups is 1. The maximum Gasteiger partial charge on any atom is 0.252 e. The van der Waals surface area contributed by atoms with Crippen LogP contribution in [0.15, 0.2) is 18.3 Å². The van der Waals surface area contributed by atoms with E-state index in [9.17, 15) is 4.79 Å². The molecule has 6 heteroatoms. The Bertz CT molecular complexity index is 657. The van der Waals surface area contributed by atoms with Gasteiger partial charge in [0.05, 0.1) is 16.3 Å². The number of aryl methyl sites for hydroxylation is 2. The van der Waals surface area contributed by atoms with E-state index < -0.39 is 0 Å². The summed E-state index contributed by atoms with van der Waals surface area (Å²) in [7, 11) is 0. The monoisotopic (exact) mass is 344 g/mol. The Morgan fingerprint density at radius 2 is 2.12 bits per heavy atom. The Morgan fingerprint density at radius 1 is 1.25 bits per heavy atom. The van der Waals surface area contributed by atoms with Gasteiger partial charge in [0.15, 0.2) is 0 Å². The molecule has 0 atom stereocenters. The summed E-state index contributed by atoms with van der Waals surface area (Å²) in [6, 6.07) is 3.66. The van der Waals surface area contributed by atoms with E-state index >= 15 is 0 Å². The van der Waals surface area contributed by atoms with Crippen LogP contribution >= 0.6 is 11.3 Å². The van der Waals surface area contributed by atoms with Crippen LogP contribution in [-0.2, 0) is 19.3 Å². The number of aromatic nitrogens is 2. The number of nitrogens with zero attached hydrogens (tertiary/aromatic N) is 2. The molecule has 0 fully saturated rings. The van der Waals surface area contributed by atoms with Crippen LogP contribution in [-0.4, -0.2) is 29.0 Å². The summed E-state index contributed by atoms with van der Waals surface area (Å²) < 4.78 is 0. The van der Waals surface area contributed by atoms with Gasteiger partial charge in [-0.2, -0.15) is 0 Å². The number of thiazole rings is 1. The first-order chi connectivity index (χ1) is 11.8. The van der Waals surface area contributed by atoms with E-state index in [1.807, 2.05) is 30.4 Å². The Morgan fingerprint density at radius 3 is 2.88 bits per heavy atom. The molecule has 1 aliphatic carbocycles. The molecule has 0 unspecified atom stereocenters. The van der Waals surface area contributed by atoms with E-state index in [4.69, 9.17) is 4.98 Å². The lowest BCUT2D eigenvalue weighted by molar-refractivity contribution is 0.0953. The highest BCUT2D eigenvalue weighted by Crippen LogP contribution is 2.26. The summed E-state index contributed by atoms with van der Waals surface area (Å²) in [5.41, 5.74) is 1.92. The normalized spacial score (nSPS) is 13.4. The maximum absolute atomic E-state index is 11.8. The number of pyridine rings is 1. The molecule has 0 bridgehead atoms. The van der Waals surface area contributed by atoms with E-state index in [-0.39, 0.29) is 5.91 Å². The van der Waals surface area contributed by atoms with Gasteiger partial charge in [-0.15, -0.1) is 11.3 Å². The molecule has 3 rings (SSSR count). The summed E-state index contributed by atoms with van der Waals surface area (Å²) in [5.74, 6) is 0.729. The SMILES string of the molecule is CCCNC(=O)c1ccc(NCCc2nc3c(s2)CCCC3)nc1. The molecule has 0 aliphatic heterocycles. The van der Waals surface area contributed by atoms with Crippen LogP contribution in [0.3, 0.4) is 0 Å². The van der Waals surface area contributed by atoms with E-state index in [2.05, 4.69) is 15.6 Å². The first-order valence-electron chi connectivity index (χ1n) is 8.72. The molecule has 2 aromatic heterocycles. The third kappa shape index (κ3) is 4.32. The first-order valence-corrected chi connectivity index (χ1v) is 9.53. The number of hydrogen-bond acceptors (Lipinski definition) is 5. The topological polar surface area (TPSA) is 66.9 Å². The van der Waals surface area contributed by atoms with Crippen molar-refractivity contribution in [2.24, 2.45) is 0 Å². The van der Waals surface area contributed by atoms with Crippen molar-refractivity contribution >= 4 is 23.1 Å². The first kappa shape index (κ1) is 16.9. The minimum Gasteiger partial charge on any atom is -0.370 e. The van der Waals surface area contributed by atoms with Crippen molar-refractivity contribution in [3.8, 4) is 0 Å². The Kier molecular flexibility index (Phi) is 5.80. The number of anilines is 1. The van der Waals surface area contributed by atoms with Gasteiger partial charge < -0.3 is 10.6 Å². The molecule has 128 valence electrons. The highest BCUT2D eigenvalue weighted by molar-refractivity contribution is 7.11. The van der Waals surface area contributed by atoms with Gasteiger partial charge in [-0.05, 0) is 44.2 Å². The molecule has 0 spiro atoms. The highest BCUT2D eigenvalue weighted by atomic mass is 32.1. The minimum absolute atomic E-state index is 0.0655. The van der Waals surface area contributed by atoms with Crippen LogP contribution in [0.5, 0.6) is 0 Å². The Hall–Kier alpha value is -1.95. The fourth-order valence-corrected chi connectivity index (χ4v) is 3.94. The standard InChI is InChI=1S/C18H24N4OS/c1-2-10-20-18(23)13-7-8-16(21-12-13)19-11-9-17-22-14-5-3-4-6-15(14)24-17/h7-8,12H,2-6,9-11H2,1H3,(H,19,21)(H,20,23). The van der Waals surface area contributed by atoms with Crippen LogP contribution in [0.2, 0.25) is 0 Å². The zero-order valence-electron chi connectivity index (χ0n) is 14.1. The van der Waals surface area contributed by atoms with Crippen molar-refractivity contribution in [1.29, 1.82) is 0 Å². The van der Waals surface area contributed by atoms with E-state index in [1.165, 1.54) is 34.8 Å². The van der Waals surface area contributed by atoms with Crippen LogP contribution in [0.25, 0.3) is 0 Å². The number of rotatable bonds is 7. The molecule has 0 radical (unpaired) electrons. The van der Waals surface area contributed by atoms with Crippen LogP contribution in [0.4, 0.5) is 5.82 Å². The molecule has 2 N–H and O–H groups in total. The molecule has 2 heterocycles. The molecule has 0 saturated carbocycles. The van der Waals surface area contributed by atoms with Crippen molar-refractivity contribution in [2.45, 2.75) is 45.4 Å². The minimum atomic E-state index is -0.0655. The molecule has 5 nitrogen and oxygen atoms in total. The quantitative estimate of drug-likeness (QED) is 0.809. The molecule has 24 heavy (non-hydrogen) atoms. The smallest absolute Gasteiger partial charge is 0.252 e. The third-order valence-corrected chi connectivity index (χ3v) is 5.31. The molecule has 1 amide bonds. The zero-order valence-corrected chi connectivity index (χ0v) is 14.9. The summed E-state index contributed by atoms with van der Waals surface area (Å²) in [6.45, 7) is 3.53. The van der Waals surface area contributed by atoms with Gasteiger partial charge in [-0.25, -0.2) is 9.97 Å². The van der Waals surface area contributed by atoms with Gasteiger partial charge in [0, 0.05) is 30.6 Å². The fourth-order valence-electron chi connectivity index (χ4n) is 2.78. The summed E-state index contributed by atoms with van der Waals surface area (Å²) in [5, 5.41) is 7.37. The zero-order chi connectivity index (χ0) is 16.8. The lowest BCUT2D eigenvalue weighted by atomic mass is 10.0. The summed E-state index contributed by atoms with van der Waals surface area (Å²) in [6.07, 6.45) is 8.38. The molecule has 0 saturated heterocycles. The largest absolute Gasteiger partial charge is 0.370 e. The Labute approximate surface area is 146 Å². The van der Waals surface area contributed by atoms with Crippen molar-refractivity contribution < 1.29 is 4.79 Å². The average molecular weight is 344 g/mol. The second kappa shape index (κ2) is 8.24. The number of fused-ring (bicyclic) bond motifs is 1. The highest BCUT2D eigenvalue weighted by Gasteiger charge is 2.14. The molecular formula is C18H24N4OS. The molecular weight excluding hydrogens is 320 g/mol. The third-order valence-electron chi connectivity index (χ3n) is 4.10. The second-order valence-electron chi connectivity index (χ2n) is 6.05. The van der Waals surface area contributed by atoms with Gasteiger partial charge in [-0.3, -0.25) is 4.79 Å². The molecule has 1 aliphatic rings. The average Bonchev–Trinajstić information content (AvgIpc) is 3.03. The fraction of sp³-hybridized carbons (Fsp3) is 0.500. The number of nitrogens with one attached hydrogen (secondary N) is 2. The maximum atomic E-state index is 11.8. The van der Waals surface area contributed by atoms with Crippen LogP contribution in [0.1, 0.15) is 52.1 Å². The van der Waals surface area contributed by atoms with Gasteiger partial charge >= 0.3 is 0 Å². The molecule has 0 aromatic carbocycles. The van der Waals surface area contributed by atoms with Gasteiger partial charge in [-0.1, -0.05) is 6.92 Å². The lowest BCUT2D eigenvalue weighted by Crippen LogP contribution is -2.24. The van der Waals surface area contributed by atoms with Crippen molar-refractivity contribution in [2.75, 3.05) is 18.4 Å². The van der Waals surface area contributed by atoms with Gasteiger partial charge in [0.25, 0.3) is 5.91 Å². The van der Waals surface area contributed by atoms with Crippen molar-refractivity contribution in [3.05, 3.63) is 39.5 Å². The summed E-state index contributed by atoms with van der Waals surface area (Å²) >= 11 is 1.86. The second-order valence-corrected chi connectivity index (χ2v) is 7.22. The van der Waals surface area contributed by atoms with Crippen molar-refractivity contribution in [3.63, 3.8) is 0 Å². The Balaban J connectivity index is 1.48. The van der Waals surface area contributed by atoms with Gasteiger partial charge in [0.1, 0.15) is 5.82 Å². The number of amides is 1. The molecule has 2 aromatic rings. The van der Waals surface area contributed by atoms with Gasteiger partial charge in [0.2, 0.25) is 0 Å². The van der Waals surface area contributed by atoms with E-state index in [0.717, 1.165) is 31.6 Å². The van der Waals surface area contributed by atoms with Crippen molar-refractivity contribution in [1.82, 2.24) is 15.3 Å². The number of carbonyl (C=O) groups excluding carboxylic acids is 1. The predicted octanol–water partition coefficient (Wildman–Crippen LogP) is 3.21. The predicted molar refractivity (Wildman–Crippen MR) is 97.8 cm³/mol.